The highest BCUT2D eigenvalue weighted by Gasteiger charge is 2.25. The Kier molecular flexibility index (Phi) is 4.05. The molecule has 2 aromatic heterocycles. The van der Waals surface area contributed by atoms with Crippen LogP contribution in [0.4, 0.5) is 0 Å². The largest absolute Gasteiger partial charge is 0.301 e. The Labute approximate surface area is 145 Å². The number of rotatable bonds is 2. The van der Waals surface area contributed by atoms with Gasteiger partial charge < -0.3 is 4.40 Å². The monoisotopic (exact) mass is 357 g/mol. The first-order chi connectivity index (χ1) is 12.1. The van der Waals surface area contributed by atoms with E-state index in [0.29, 0.717) is 29.6 Å². The lowest BCUT2D eigenvalue weighted by Crippen LogP contribution is -2.32. The van der Waals surface area contributed by atoms with Gasteiger partial charge in [0.1, 0.15) is 5.65 Å². The van der Waals surface area contributed by atoms with Gasteiger partial charge in [0.2, 0.25) is 10.0 Å². The van der Waals surface area contributed by atoms with Gasteiger partial charge in [-0.05, 0) is 43.2 Å². The fraction of sp³-hybridized carbons (Fsp3) is 0.333. The SMILES string of the molecule is O=c1nc2ccccn2c2ccc(S(=O)(=O)N3CCCCCC3)cc12. The van der Waals surface area contributed by atoms with Crippen LogP contribution in [0.5, 0.6) is 0 Å². The van der Waals surface area contributed by atoms with Crippen molar-refractivity contribution in [3.63, 3.8) is 0 Å². The van der Waals surface area contributed by atoms with Gasteiger partial charge >= 0.3 is 0 Å². The van der Waals surface area contributed by atoms with E-state index in [0.717, 1.165) is 25.7 Å². The third-order valence-corrected chi connectivity index (χ3v) is 6.61. The summed E-state index contributed by atoms with van der Waals surface area (Å²) in [5.74, 6) is 0. The molecule has 1 aromatic carbocycles. The third-order valence-electron chi connectivity index (χ3n) is 4.72. The minimum atomic E-state index is -3.59. The van der Waals surface area contributed by atoms with Crippen LogP contribution in [0.15, 0.2) is 52.3 Å². The number of benzene rings is 1. The predicted octanol–water partition coefficient (Wildman–Crippen LogP) is 2.41. The number of hydrogen-bond acceptors (Lipinski definition) is 4. The minimum absolute atomic E-state index is 0.164. The van der Waals surface area contributed by atoms with Crippen LogP contribution in [0.25, 0.3) is 16.6 Å². The van der Waals surface area contributed by atoms with Crippen molar-refractivity contribution in [1.82, 2.24) is 13.7 Å². The molecule has 0 amide bonds. The highest BCUT2D eigenvalue weighted by Crippen LogP contribution is 2.23. The number of pyridine rings is 1. The highest BCUT2D eigenvalue weighted by atomic mass is 32.2. The average Bonchev–Trinajstić information content (AvgIpc) is 2.91. The Balaban J connectivity index is 1.87. The van der Waals surface area contributed by atoms with Crippen LogP contribution in [0.1, 0.15) is 25.7 Å². The molecule has 3 aromatic rings. The first-order valence-electron chi connectivity index (χ1n) is 8.49. The Morgan fingerprint density at radius 2 is 1.72 bits per heavy atom. The molecule has 0 N–H and O–H groups in total. The molecule has 1 aliphatic rings. The number of sulfonamides is 1. The highest BCUT2D eigenvalue weighted by molar-refractivity contribution is 7.89. The summed E-state index contributed by atoms with van der Waals surface area (Å²) < 4.78 is 29.2. The third kappa shape index (κ3) is 2.83. The molecule has 0 aliphatic carbocycles. The number of hydrogen-bond donors (Lipinski definition) is 0. The topological polar surface area (TPSA) is 71.8 Å². The standard InChI is InChI=1S/C18H19N3O3S/c22-18-15-13-14(25(23,24)20-10-4-1-2-5-11-20)8-9-16(15)21-12-6-3-7-17(21)19-18/h3,6-9,12-13H,1-2,4-5,10-11H2. The molecule has 25 heavy (non-hydrogen) atoms. The first kappa shape index (κ1) is 16.2. The van der Waals surface area contributed by atoms with Crippen LogP contribution >= 0.6 is 0 Å². The summed E-state index contributed by atoms with van der Waals surface area (Å²) in [7, 11) is -3.59. The lowest BCUT2D eigenvalue weighted by Gasteiger charge is -2.20. The Morgan fingerprint density at radius 1 is 0.960 bits per heavy atom. The average molecular weight is 357 g/mol. The quantitative estimate of drug-likeness (QED) is 0.660. The van der Waals surface area contributed by atoms with E-state index < -0.39 is 15.6 Å². The van der Waals surface area contributed by atoms with Crippen molar-refractivity contribution in [2.75, 3.05) is 13.1 Å². The van der Waals surface area contributed by atoms with Crippen LogP contribution in [0, 0.1) is 0 Å². The molecule has 0 radical (unpaired) electrons. The molecule has 0 saturated carbocycles. The lowest BCUT2D eigenvalue weighted by molar-refractivity contribution is 0.424. The van der Waals surface area contributed by atoms with E-state index in [1.54, 1.807) is 22.6 Å². The summed E-state index contributed by atoms with van der Waals surface area (Å²) >= 11 is 0. The molecule has 0 bridgehead atoms. The number of fused-ring (bicyclic) bond motifs is 3. The molecule has 0 spiro atoms. The van der Waals surface area contributed by atoms with Crippen LogP contribution in [-0.2, 0) is 10.0 Å². The van der Waals surface area contributed by atoms with Gasteiger partial charge in [-0.2, -0.15) is 9.29 Å². The summed E-state index contributed by atoms with van der Waals surface area (Å²) in [6, 6.07) is 10.1. The maximum atomic E-state index is 13.0. The normalized spacial score (nSPS) is 17.0. The zero-order valence-electron chi connectivity index (χ0n) is 13.8. The Morgan fingerprint density at radius 3 is 2.48 bits per heavy atom. The molecule has 1 fully saturated rings. The summed E-state index contributed by atoms with van der Waals surface area (Å²) in [5, 5.41) is 0.319. The van der Waals surface area contributed by atoms with Crippen molar-refractivity contribution in [2.45, 2.75) is 30.6 Å². The van der Waals surface area contributed by atoms with Gasteiger partial charge in [0.05, 0.1) is 15.8 Å². The molecule has 6 nitrogen and oxygen atoms in total. The van der Waals surface area contributed by atoms with E-state index in [2.05, 4.69) is 4.98 Å². The zero-order chi connectivity index (χ0) is 17.4. The van der Waals surface area contributed by atoms with Crippen LogP contribution in [0.3, 0.4) is 0 Å². The molecule has 1 saturated heterocycles. The van der Waals surface area contributed by atoms with Crippen molar-refractivity contribution < 1.29 is 8.42 Å². The van der Waals surface area contributed by atoms with Crippen molar-refractivity contribution in [3.8, 4) is 0 Å². The smallest absolute Gasteiger partial charge is 0.281 e. The Bertz CT molecular complexity index is 1100. The molecule has 130 valence electrons. The summed E-state index contributed by atoms with van der Waals surface area (Å²) in [4.78, 5) is 16.6. The molecular weight excluding hydrogens is 338 g/mol. The van der Waals surface area contributed by atoms with E-state index in [9.17, 15) is 13.2 Å². The summed E-state index contributed by atoms with van der Waals surface area (Å²) in [5.41, 5.74) is 0.794. The maximum absolute atomic E-state index is 13.0. The molecule has 3 heterocycles. The van der Waals surface area contributed by atoms with E-state index in [1.165, 1.54) is 10.4 Å². The molecule has 1 aliphatic heterocycles. The first-order valence-corrected chi connectivity index (χ1v) is 9.93. The van der Waals surface area contributed by atoms with Gasteiger partial charge in [0.25, 0.3) is 5.56 Å². The van der Waals surface area contributed by atoms with Crippen LogP contribution < -0.4 is 5.56 Å². The summed E-state index contributed by atoms with van der Waals surface area (Å²) in [6.45, 7) is 1.07. The van der Waals surface area contributed by atoms with Gasteiger partial charge in [-0.3, -0.25) is 4.79 Å². The fourth-order valence-electron chi connectivity index (χ4n) is 3.38. The zero-order valence-corrected chi connectivity index (χ0v) is 14.6. The van der Waals surface area contributed by atoms with Crippen LogP contribution in [0.2, 0.25) is 0 Å². The van der Waals surface area contributed by atoms with Crippen LogP contribution in [-0.4, -0.2) is 35.2 Å². The predicted molar refractivity (Wildman–Crippen MR) is 96.2 cm³/mol. The molecule has 0 unspecified atom stereocenters. The lowest BCUT2D eigenvalue weighted by atomic mass is 10.2. The van der Waals surface area contributed by atoms with Gasteiger partial charge in [0.15, 0.2) is 0 Å². The molecule has 7 heteroatoms. The van der Waals surface area contributed by atoms with E-state index in [4.69, 9.17) is 0 Å². The minimum Gasteiger partial charge on any atom is -0.301 e. The second-order valence-electron chi connectivity index (χ2n) is 6.34. The van der Waals surface area contributed by atoms with Gasteiger partial charge in [-0.25, -0.2) is 8.42 Å². The second-order valence-corrected chi connectivity index (χ2v) is 8.28. The molecule has 0 atom stereocenters. The second kappa shape index (κ2) is 6.24. The van der Waals surface area contributed by atoms with Crippen molar-refractivity contribution in [2.24, 2.45) is 0 Å². The number of nitrogens with zero attached hydrogens (tertiary/aromatic N) is 3. The van der Waals surface area contributed by atoms with E-state index >= 15 is 0 Å². The van der Waals surface area contributed by atoms with Gasteiger partial charge in [-0.15, -0.1) is 0 Å². The maximum Gasteiger partial charge on any atom is 0.281 e. The summed E-state index contributed by atoms with van der Waals surface area (Å²) in [6.07, 6.45) is 5.68. The Hall–Kier alpha value is -2.25. The van der Waals surface area contributed by atoms with Gasteiger partial charge in [-0.1, -0.05) is 18.9 Å². The number of aromatic nitrogens is 2. The van der Waals surface area contributed by atoms with Crippen molar-refractivity contribution in [1.29, 1.82) is 0 Å². The van der Waals surface area contributed by atoms with Crippen molar-refractivity contribution >= 4 is 26.6 Å². The van der Waals surface area contributed by atoms with Gasteiger partial charge in [0, 0.05) is 19.3 Å². The van der Waals surface area contributed by atoms with E-state index in [1.807, 2.05) is 18.3 Å². The fourth-order valence-corrected chi connectivity index (χ4v) is 4.93. The molecular formula is C18H19N3O3S. The van der Waals surface area contributed by atoms with E-state index in [-0.39, 0.29) is 4.90 Å². The van der Waals surface area contributed by atoms with Crippen molar-refractivity contribution in [3.05, 3.63) is 52.9 Å². The molecule has 4 rings (SSSR count).